The van der Waals surface area contributed by atoms with Gasteiger partial charge in [0.2, 0.25) is 0 Å². The molecule has 0 radical (unpaired) electrons. The molecule has 0 saturated carbocycles. The van der Waals surface area contributed by atoms with E-state index in [-0.39, 0.29) is 5.56 Å². The molecule has 3 aromatic rings. The zero-order valence-electron chi connectivity index (χ0n) is 10.0. The normalized spacial score (nSPS) is 10.9. The molecule has 0 spiro atoms. The molecule has 2 aromatic carbocycles. The van der Waals surface area contributed by atoms with Crippen LogP contribution in [0.15, 0.2) is 40.9 Å². The predicted molar refractivity (Wildman–Crippen MR) is 81.2 cm³/mol. The molecule has 3 rings (SSSR count). The molecule has 0 fully saturated rings. The smallest absolute Gasteiger partial charge is 0.335 e. The van der Waals surface area contributed by atoms with Gasteiger partial charge < -0.3 is 10.1 Å². The quantitative estimate of drug-likeness (QED) is 0.721. The topological polar surface area (TPSA) is 66.0 Å². The summed E-state index contributed by atoms with van der Waals surface area (Å²) in [7, 11) is 0. The summed E-state index contributed by atoms with van der Waals surface area (Å²) in [6.45, 7) is 0. The third-order valence-electron chi connectivity index (χ3n) is 2.91. The van der Waals surface area contributed by atoms with E-state index in [0.29, 0.717) is 21.9 Å². The lowest BCUT2D eigenvalue weighted by molar-refractivity contribution is 0.0697. The molecule has 0 atom stereocenters. The number of nitrogens with zero attached hydrogens (tertiary/aromatic N) is 1. The minimum Gasteiger partial charge on any atom is -0.478 e. The van der Waals surface area contributed by atoms with Crippen molar-refractivity contribution < 1.29 is 9.90 Å². The molecular weight excluding hydrogens is 344 g/mol. The molecule has 6 heteroatoms. The fourth-order valence-electron chi connectivity index (χ4n) is 1.95. The van der Waals surface area contributed by atoms with Gasteiger partial charge in [0.05, 0.1) is 21.6 Å². The first-order chi connectivity index (χ1) is 9.54. The van der Waals surface area contributed by atoms with Crippen molar-refractivity contribution in [2.24, 2.45) is 0 Å². The Hall–Kier alpha value is -1.85. The summed E-state index contributed by atoms with van der Waals surface area (Å²) in [5.41, 5.74) is 2.33. The Morgan fingerprint density at radius 2 is 2.05 bits per heavy atom. The molecule has 0 saturated heterocycles. The van der Waals surface area contributed by atoms with E-state index in [2.05, 4.69) is 25.9 Å². The van der Waals surface area contributed by atoms with E-state index in [1.807, 2.05) is 12.1 Å². The number of aromatic amines is 1. The maximum atomic E-state index is 11.0. The van der Waals surface area contributed by atoms with Crippen molar-refractivity contribution in [2.75, 3.05) is 0 Å². The molecule has 100 valence electrons. The third-order valence-corrected chi connectivity index (χ3v) is 3.74. The molecule has 0 aliphatic rings. The number of H-pyrrole nitrogens is 1. The summed E-state index contributed by atoms with van der Waals surface area (Å²) < 4.78 is 0.892. The molecule has 0 bridgehead atoms. The number of aromatic carboxylic acids is 1. The zero-order chi connectivity index (χ0) is 14.3. The van der Waals surface area contributed by atoms with Crippen LogP contribution in [0.1, 0.15) is 10.4 Å². The molecule has 1 heterocycles. The number of imidazole rings is 1. The fraction of sp³-hybridized carbons (Fsp3) is 0. The first kappa shape index (κ1) is 13.1. The summed E-state index contributed by atoms with van der Waals surface area (Å²) in [4.78, 5) is 18.5. The third kappa shape index (κ3) is 2.30. The van der Waals surface area contributed by atoms with E-state index in [1.54, 1.807) is 18.2 Å². The lowest BCUT2D eigenvalue weighted by atomic mass is 10.2. The average Bonchev–Trinajstić information content (AvgIpc) is 2.83. The van der Waals surface area contributed by atoms with Crippen LogP contribution < -0.4 is 0 Å². The number of carbonyl (C=O) groups is 1. The van der Waals surface area contributed by atoms with Crippen molar-refractivity contribution in [3.05, 3.63) is 51.5 Å². The van der Waals surface area contributed by atoms with Crippen LogP contribution in [-0.2, 0) is 0 Å². The highest BCUT2D eigenvalue weighted by molar-refractivity contribution is 9.10. The van der Waals surface area contributed by atoms with Gasteiger partial charge in [-0.05, 0) is 36.4 Å². The lowest BCUT2D eigenvalue weighted by Crippen LogP contribution is -1.94. The van der Waals surface area contributed by atoms with Crippen LogP contribution in [-0.4, -0.2) is 21.0 Å². The number of carboxylic acids is 1. The Morgan fingerprint density at radius 3 is 2.80 bits per heavy atom. The van der Waals surface area contributed by atoms with Gasteiger partial charge in [-0.1, -0.05) is 27.5 Å². The van der Waals surface area contributed by atoms with Gasteiger partial charge in [0.25, 0.3) is 0 Å². The lowest BCUT2D eigenvalue weighted by Gasteiger charge is -2.00. The summed E-state index contributed by atoms with van der Waals surface area (Å²) in [6, 6.07) is 10.2. The second kappa shape index (κ2) is 4.92. The molecule has 0 amide bonds. The molecule has 4 nitrogen and oxygen atoms in total. The van der Waals surface area contributed by atoms with Crippen molar-refractivity contribution in [1.29, 1.82) is 0 Å². The number of hydrogen-bond acceptors (Lipinski definition) is 2. The minimum absolute atomic E-state index is 0.216. The fourth-order valence-corrected chi connectivity index (χ4v) is 2.52. The number of carboxylic acid groups (broad SMARTS) is 1. The van der Waals surface area contributed by atoms with Gasteiger partial charge in [0.15, 0.2) is 0 Å². The zero-order valence-corrected chi connectivity index (χ0v) is 12.4. The van der Waals surface area contributed by atoms with Gasteiger partial charge in [-0.15, -0.1) is 0 Å². The number of rotatable bonds is 2. The second-order valence-corrected chi connectivity index (χ2v) is 5.57. The summed E-state index contributed by atoms with van der Waals surface area (Å²) in [5, 5.41) is 9.56. The first-order valence-electron chi connectivity index (χ1n) is 5.73. The van der Waals surface area contributed by atoms with Crippen LogP contribution in [0.2, 0.25) is 5.02 Å². The predicted octanol–water partition coefficient (Wildman–Crippen LogP) is 4.34. The average molecular weight is 352 g/mol. The first-order valence-corrected chi connectivity index (χ1v) is 6.90. The summed E-state index contributed by atoms with van der Waals surface area (Å²) in [5.74, 6) is -0.364. The number of aromatic nitrogens is 2. The van der Waals surface area contributed by atoms with Gasteiger partial charge in [-0.25, -0.2) is 9.78 Å². The second-order valence-electron chi connectivity index (χ2n) is 4.25. The summed E-state index contributed by atoms with van der Waals surface area (Å²) >= 11 is 9.56. The number of halogens is 2. The van der Waals surface area contributed by atoms with Gasteiger partial charge in [-0.2, -0.15) is 0 Å². The van der Waals surface area contributed by atoms with Crippen LogP contribution in [0.3, 0.4) is 0 Å². The monoisotopic (exact) mass is 350 g/mol. The Bertz CT molecular complexity index is 829. The number of benzene rings is 2. The van der Waals surface area contributed by atoms with Crippen LogP contribution in [0.4, 0.5) is 0 Å². The highest BCUT2D eigenvalue weighted by Gasteiger charge is 2.11. The number of fused-ring (bicyclic) bond motifs is 1. The molecule has 20 heavy (non-hydrogen) atoms. The van der Waals surface area contributed by atoms with Gasteiger partial charge in [0.1, 0.15) is 5.82 Å². The van der Waals surface area contributed by atoms with E-state index in [1.165, 1.54) is 6.07 Å². The van der Waals surface area contributed by atoms with E-state index < -0.39 is 5.97 Å². The van der Waals surface area contributed by atoms with E-state index in [0.717, 1.165) is 10.0 Å². The maximum absolute atomic E-state index is 11.0. The highest BCUT2D eigenvalue weighted by Crippen LogP contribution is 2.30. The van der Waals surface area contributed by atoms with Crippen molar-refractivity contribution in [3.63, 3.8) is 0 Å². The van der Waals surface area contributed by atoms with Crippen molar-refractivity contribution >= 4 is 44.5 Å². The van der Waals surface area contributed by atoms with Crippen LogP contribution >= 0.6 is 27.5 Å². The van der Waals surface area contributed by atoms with Gasteiger partial charge in [0, 0.05) is 10.0 Å². The van der Waals surface area contributed by atoms with Crippen molar-refractivity contribution in [2.45, 2.75) is 0 Å². The van der Waals surface area contributed by atoms with E-state index >= 15 is 0 Å². The SMILES string of the molecule is O=C(O)c1ccc2nc(-c3cc(Br)ccc3Cl)[nH]c2c1. The van der Waals surface area contributed by atoms with Crippen LogP contribution in [0.25, 0.3) is 22.4 Å². The maximum Gasteiger partial charge on any atom is 0.335 e. The number of nitrogens with one attached hydrogen (secondary N) is 1. The molecule has 0 unspecified atom stereocenters. The minimum atomic E-state index is -0.969. The van der Waals surface area contributed by atoms with E-state index in [4.69, 9.17) is 16.7 Å². The number of hydrogen-bond donors (Lipinski definition) is 2. The molecule has 0 aliphatic heterocycles. The van der Waals surface area contributed by atoms with Crippen molar-refractivity contribution in [1.82, 2.24) is 9.97 Å². The standard InChI is InChI=1S/C14H8BrClN2O2/c15-8-2-3-10(16)9(6-8)13-17-11-4-1-7(14(19)20)5-12(11)18-13/h1-6H,(H,17,18)(H,19,20). The van der Waals surface area contributed by atoms with Crippen molar-refractivity contribution in [3.8, 4) is 11.4 Å². The molecule has 0 aliphatic carbocycles. The van der Waals surface area contributed by atoms with Crippen LogP contribution in [0.5, 0.6) is 0 Å². The molecular formula is C14H8BrClN2O2. The Labute approximate surface area is 127 Å². The Kier molecular flexibility index (Phi) is 3.23. The summed E-state index contributed by atoms with van der Waals surface area (Å²) in [6.07, 6.45) is 0. The largest absolute Gasteiger partial charge is 0.478 e. The Balaban J connectivity index is 2.17. The van der Waals surface area contributed by atoms with Gasteiger partial charge in [-0.3, -0.25) is 0 Å². The van der Waals surface area contributed by atoms with E-state index in [9.17, 15) is 4.79 Å². The Morgan fingerprint density at radius 1 is 1.25 bits per heavy atom. The molecule has 1 aromatic heterocycles. The highest BCUT2D eigenvalue weighted by atomic mass is 79.9. The van der Waals surface area contributed by atoms with Gasteiger partial charge >= 0.3 is 5.97 Å². The van der Waals surface area contributed by atoms with Crippen LogP contribution in [0, 0.1) is 0 Å². The molecule has 2 N–H and O–H groups in total.